The van der Waals surface area contributed by atoms with Crippen molar-refractivity contribution >= 4 is 0 Å². The van der Waals surface area contributed by atoms with Crippen LogP contribution in [0.3, 0.4) is 0 Å². The lowest BCUT2D eigenvalue weighted by Gasteiger charge is -2.21. The Morgan fingerprint density at radius 3 is 2.30 bits per heavy atom. The SMILES string of the molecule is CC(C)(C)OCC(O)CN. The molecule has 1 unspecified atom stereocenters. The molecule has 0 aliphatic carbocycles. The molecular weight excluding hydrogens is 130 g/mol. The Kier molecular flexibility index (Phi) is 3.86. The Morgan fingerprint density at radius 2 is 2.00 bits per heavy atom. The largest absolute Gasteiger partial charge is 0.389 e. The number of ether oxygens (including phenoxy) is 1. The van der Waals surface area contributed by atoms with Crippen molar-refractivity contribution in [3.05, 3.63) is 0 Å². The predicted octanol–water partition coefficient (Wildman–Crippen LogP) is 0.121. The first kappa shape index (κ1) is 9.88. The van der Waals surface area contributed by atoms with Crippen LogP contribution in [0.15, 0.2) is 0 Å². The number of nitrogens with two attached hydrogens (primary N) is 1. The standard InChI is InChI=1S/C7H17NO2/c1-7(2,3)10-5-6(9)4-8/h6,9H,4-5,8H2,1-3H3. The second-order valence-corrected chi connectivity index (χ2v) is 3.31. The number of hydrogen-bond acceptors (Lipinski definition) is 3. The van der Waals surface area contributed by atoms with Gasteiger partial charge in [-0.2, -0.15) is 0 Å². The number of aliphatic hydroxyl groups is 1. The van der Waals surface area contributed by atoms with Crippen molar-refractivity contribution in [3.63, 3.8) is 0 Å². The van der Waals surface area contributed by atoms with Gasteiger partial charge in [-0.15, -0.1) is 0 Å². The van der Waals surface area contributed by atoms with Crippen LogP contribution in [-0.4, -0.2) is 30.0 Å². The zero-order chi connectivity index (χ0) is 8.20. The second kappa shape index (κ2) is 3.91. The van der Waals surface area contributed by atoms with Gasteiger partial charge in [0.15, 0.2) is 0 Å². The molecule has 0 aromatic rings. The van der Waals surface area contributed by atoms with Crippen LogP contribution in [0.5, 0.6) is 0 Å². The Bertz CT molecular complexity index is 88.1. The van der Waals surface area contributed by atoms with E-state index >= 15 is 0 Å². The highest BCUT2D eigenvalue weighted by Gasteiger charge is 2.11. The molecule has 0 rings (SSSR count). The molecule has 0 radical (unpaired) electrons. The maximum absolute atomic E-state index is 8.97. The van der Waals surface area contributed by atoms with E-state index < -0.39 is 6.10 Å². The zero-order valence-electron chi connectivity index (χ0n) is 6.92. The van der Waals surface area contributed by atoms with Gasteiger partial charge in [0, 0.05) is 6.54 Å². The van der Waals surface area contributed by atoms with Crippen molar-refractivity contribution < 1.29 is 9.84 Å². The Morgan fingerprint density at radius 1 is 1.50 bits per heavy atom. The molecule has 0 aliphatic rings. The van der Waals surface area contributed by atoms with E-state index in [2.05, 4.69) is 0 Å². The topological polar surface area (TPSA) is 55.5 Å². The van der Waals surface area contributed by atoms with Gasteiger partial charge in [-0.1, -0.05) is 0 Å². The molecule has 3 N–H and O–H groups in total. The molecule has 0 aromatic carbocycles. The van der Waals surface area contributed by atoms with Crippen molar-refractivity contribution in [3.8, 4) is 0 Å². The monoisotopic (exact) mass is 147 g/mol. The lowest BCUT2D eigenvalue weighted by atomic mass is 10.2. The van der Waals surface area contributed by atoms with Gasteiger partial charge in [0.25, 0.3) is 0 Å². The summed E-state index contributed by atoms with van der Waals surface area (Å²) in [4.78, 5) is 0. The number of aliphatic hydroxyl groups excluding tert-OH is 1. The molecule has 3 heteroatoms. The third-order valence-corrected chi connectivity index (χ3v) is 0.981. The van der Waals surface area contributed by atoms with Crippen LogP contribution < -0.4 is 5.73 Å². The summed E-state index contributed by atoms with van der Waals surface area (Å²) in [6, 6.07) is 0. The molecule has 0 saturated carbocycles. The minimum absolute atomic E-state index is 0.184. The van der Waals surface area contributed by atoms with Gasteiger partial charge < -0.3 is 15.6 Å². The highest BCUT2D eigenvalue weighted by atomic mass is 16.5. The van der Waals surface area contributed by atoms with Crippen LogP contribution in [0.4, 0.5) is 0 Å². The molecule has 0 amide bonds. The summed E-state index contributed by atoms with van der Waals surface area (Å²) in [7, 11) is 0. The summed E-state index contributed by atoms with van der Waals surface area (Å²) in [5, 5.41) is 8.97. The molecule has 0 bridgehead atoms. The fourth-order valence-corrected chi connectivity index (χ4v) is 0.414. The van der Waals surface area contributed by atoms with Crippen molar-refractivity contribution in [2.45, 2.75) is 32.5 Å². The summed E-state index contributed by atoms with van der Waals surface area (Å²) in [6.07, 6.45) is -0.528. The third-order valence-electron chi connectivity index (χ3n) is 0.981. The minimum Gasteiger partial charge on any atom is -0.389 e. The first-order valence-corrected chi connectivity index (χ1v) is 3.48. The zero-order valence-corrected chi connectivity index (χ0v) is 6.92. The maximum Gasteiger partial charge on any atom is 0.0895 e. The molecule has 3 nitrogen and oxygen atoms in total. The highest BCUT2D eigenvalue weighted by Crippen LogP contribution is 2.06. The van der Waals surface area contributed by atoms with Gasteiger partial charge in [-0.3, -0.25) is 0 Å². The van der Waals surface area contributed by atoms with Crippen molar-refractivity contribution in [2.75, 3.05) is 13.2 Å². The Labute approximate surface area is 62.2 Å². The summed E-state index contributed by atoms with van der Waals surface area (Å²) < 4.78 is 5.25. The van der Waals surface area contributed by atoms with Gasteiger partial charge in [0.2, 0.25) is 0 Å². The van der Waals surface area contributed by atoms with Gasteiger partial charge >= 0.3 is 0 Å². The van der Waals surface area contributed by atoms with Crippen LogP contribution in [-0.2, 0) is 4.74 Å². The van der Waals surface area contributed by atoms with E-state index in [9.17, 15) is 0 Å². The van der Waals surface area contributed by atoms with Gasteiger partial charge in [-0.25, -0.2) is 0 Å². The van der Waals surface area contributed by atoms with Crippen LogP contribution in [0.2, 0.25) is 0 Å². The van der Waals surface area contributed by atoms with Crippen LogP contribution >= 0.6 is 0 Å². The molecular formula is C7H17NO2. The Balaban J connectivity index is 3.36. The van der Waals surface area contributed by atoms with E-state index in [-0.39, 0.29) is 12.1 Å². The molecule has 0 saturated heterocycles. The number of hydrogen-bond donors (Lipinski definition) is 2. The second-order valence-electron chi connectivity index (χ2n) is 3.31. The summed E-state index contributed by atoms with van der Waals surface area (Å²) in [5.41, 5.74) is 4.99. The van der Waals surface area contributed by atoms with Gasteiger partial charge in [0.05, 0.1) is 18.3 Å². The fraction of sp³-hybridized carbons (Fsp3) is 1.00. The fourth-order valence-electron chi connectivity index (χ4n) is 0.414. The average Bonchev–Trinajstić information content (AvgIpc) is 1.81. The van der Waals surface area contributed by atoms with Crippen LogP contribution in [0.25, 0.3) is 0 Å². The predicted molar refractivity (Wildman–Crippen MR) is 40.8 cm³/mol. The van der Waals surface area contributed by atoms with E-state index in [0.29, 0.717) is 6.61 Å². The molecule has 0 aromatic heterocycles. The van der Waals surface area contributed by atoms with Crippen molar-refractivity contribution in [2.24, 2.45) is 5.73 Å². The quantitative estimate of drug-likeness (QED) is 0.596. The molecule has 10 heavy (non-hydrogen) atoms. The van der Waals surface area contributed by atoms with Crippen molar-refractivity contribution in [1.82, 2.24) is 0 Å². The summed E-state index contributed by atoms with van der Waals surface area (Å²) in [6.45, 7) is 6.40. The first-order chi connectivity index (χ1) is 4.45. The van der Waals surface area contributed by atoms with Gasteiger partial charge in [-0.05, 0) is 20.8 Å². The minimum atomic E-state index is -0.528. The van der Waals surface area contributed by atoms with Crippen LogP contribution in [0, 0.1) is 0 Å². The lowest BCUT2D eigenvalue weighted by Crippen LogP contribution is -2.30. The third kappa shape index (κ3) is 6.01. The Hall–Kier alpha value is -0.120. The summed E-state index contributed by atoms with van der Waals surface area (Å²) in [5.74, 6) is 0. The molecule has 1 atom stereocenters. The van der Waals surface area contributed by atoms with Gasteiger partial charge in [0.1, 0.15) is 0 Å². The van der Waals surface area contributed by atoms with E-state index in [0.717, 1.165) is 0 Å². The summed E-state index contributed by atoms with van der Waals surface area (Å²) >= 11 is 0. The molecule has 62 valence electrons. The smallest absolute Gasteiger partial charge is 0.0895 e. The highest BCUT2D eigenvalue weighted by molar-refractivity contribution is 4.61. The first-order valence-electron chi connectivity index (χ1n) is 3.48. The lowest BCUT2D eigenvalue weighted by molar-refractivity contribution is -0.0459. The maximum atomic E-state index is 8.97. The van der Waals surface area contributed by atoms with Crippen LogP contribution in [0.1, 0.15) is 20.8 Å². The van der Waals surface area contributed by atoms with E-state index in [1.54, 1.807) is 0 Å². The van der Waals surface area contributed by atoms with E-state index in [1.165, 1.54) is 0 Å². The normalized spacial score (nSPS) is 15.3. The van der Waals surface area contributed by atoms with E-state index in [1.807, 2.05) is 20.8 Å². The van der Waals surface area contributed by atoms with E-state index in [4.69, 9.17) is 15.6 Å². The average molecular weight is 147 g/mol. The molecule has 0 heterocycles. The van der Waals surface area contributed by atoms with Crippen molar-refractivity contribution in [1.29, 1.82) is 0 Å². The molecule has 0 fully saturated rings. The number of rotatable bonds is 3. The molecule has 0 spiro atoms. The molecule has 0 aliphatic heterocycles.